The van der Waals surface area contributed by atoms with Crippen molar-refractivity contribution in [1.29, 1.82) is 0 Å². The van der Waals surface area contributed by atoms with E-state index in [-0.39, 0.29) is 12.2 Å². The van der Waals surface area contributed by atoms with Crippen LogP contribution in [0.4, 0.5) is 0 Å². The van der Waals surface area contributed by atoms with E-state index in [1.165, 1.54) is 24.5 Å². The van der Waals surface area contributed by atoms with E-state index in [4.69, 9.17) is 5.11 Å². The largest absolute Gasteiger partial charge is 0.423 e. The zero-order chi connectivity index (χ0) is 13.5. The lowest BCUT2D eigenvalue weighted by Crippen LogP contribution is -2.42. The van der Waals surface area contributed by atoms with Gasteiger partial charge in [0.05, 0.1) is 6.20 Å². The van der Waals surface area contributed by atoms with Gasteiger partial charge in [0.15, 0.2) is 12.2 Å². The molecule has 0 aliphatic carbocycles. The monoisotopic (exact) mass is 255 g/mol. The summed E-state index contributed by atoms with van der Waals surface area (Å²) in [7, 11) is 0. The average molecular weight is 255 g/mol. The molecular weight excluding hydrogens is 246 g/mol. The van der Waals surface area contributed by atoms with Gasteiger partial charge in [-0.15, -0.1) is 0 Å². The SMILES string of the molecule is O=COC(=O)C(O)C(O)C(=O)Oc1cccnc1. The van der Waals surface area contributed by atoms with E-state index in [1.807, 2.05) is 0 Å². The maximum atomic E-state index is 11.3. The van der Waals surface area contributed by atoms with Gasteiger partial charge < -0.3 is 19.7 Å². The minimum atomic E-state index is -2.21. The maximum absolute atomic E-state index is 11.3. The van der Waals surface area contributed by atoms with Crippen LogP contribution >= 0.6 is 0 Å². The second-order valence-corrected chi connectivity index (χ2v) is 3.03. The highest BCUT2D eigenvalue weighted by atomic mass is 16.6. The lowest BCUT2D eigenvalue weighted by atomic mass is 10.2. The molecule has 0 aromatic carbocycles. The molecule has 0 saturated carbocycles. The molecule has 0 amide bonds. The summed E-state index contributed by atoms with van der Waals surface area (Å²) in [5.41, 5.74) is 0. The predicted molar refractivity (Wildman–Crippen MR) is 54.0 cm³/mol. The molecule has 8 nitrogen and oxygen atoms in total. The molecule has 0 aliphatic heterocycles. The molecule has 2 unspecified atom stereocenters. The summed E-state index contributed by atoms with van der Waals surface area (Å²) in [6.45, 7) is -0.231. The highest BCUT2D eigenvalue weighted by Crippen LogP contribution is 2.08. The molecule has 0 aliphatic rings. The van der Waals surface area contributed by atoms with Crippen molar-refractivity contribution in [2.24, 2.45) is 0 Å². The van der Waals surface area contributed by atoms with Gasteiger partial charge in [-0.25, -0.2) is 9.59 Å². The Hall–Kier alpha value is -2.32. The fourth-order valence-electron chi connectivity index (χ4n) is 0.959. The average Bonchev–Trinajstić information content (AvgIpc) is 2.38. The first-order chi connectivity index (χ1) is 8.56. The Morgan fingerprint density at radius 2 is 1.94 bits per heavy atom. The highest BCUT2D eigenvalue weighted by molar-refractivity contribution is 5.88. The van der Waals surface area contributed by atoms with Gasteiger partial charge >= 0.3 is 18.4 Å². The number of carbonyl (C=O) groups excluding carboxylic acids is 3. The van der Waals surface area contributed by atoms with E-state index in [2.05, 4.69) is 14.5 Å². The first-order valence-corrected chi connectivity index (χ1v) is 4.68. The molecule has 96 valence electrons. The van der Waals surface area contributed by atoms with Crippen LogP contribution in [-0.4, -0.2) is 45.8 Å². The van der Waals surface area contributed by atoms with E-state index in [0.29, 0.717) is 0 Å². The van der Waals surface area contributed by atoms with Crippen molar-refractivity contribution >= 4 is 18.4 Å². The van der Waals surface area contributed by atoms with Crippen molar-refractivity contribution < 1.29 is 34.1 Å². The molecule has 0 spiro atoms. The van der Waals surface area contributed by atoms with Crippen molar-refractivity contribution in [3.8, 4) is 5.75 Å². The van der Waals surface area contributed by atoms with E-state index in [0.717, 1.165) is 0 Å². The summed E-state index contributed by atoms with van der Waals surface area (Å²) in [5.74, 6) is -2.71. The van der Waals surface area contributed by atoms with Crippen LogP contribution in [-0.2, 0) is 19.1 Å². The Bertz CT molecular complexity index is 433. The normalized spacial score (nSPS) is 13.2. The fourth-order valence-corrected chi connectivity index (χ4v) is 0.959. The minimum absolute atomic E-state index is 0.0255. The molecule has 1 aromatic heterocycles. The van der Waals surface area contributed by atoms with Gasteiger partial charge in [-0.1, -0.05) is 0 Å². The van der Waals surface area contributed by atoms with Crippen LogP contribution in [0, 0.1) is 0 Å². The Morgan fingerprint density at radius 1 is 1.28 bits per heavy atom. The number of ether oxygens (including phenoxy) is 2. The third kappa shape index (κ3) is 3.61. The number of esters is 2. The molecule has 1 heterocycles. The number of hydrogen-bond acceptors (Lipinski definition) is 8. The van der Waals surface area contributed by atoms with E-state index < -0.39 is 24.1 Å². The van der Waals surface area contributed by atoms with Crippen LogP contribution in [0.15, 0.2) is 24.5 Å². The third-order valence-corrected chi connectivity index (χ3v) is 1.80. The number of hydrogen-bond donors (Lipinski definition) is 2. The predicted octanol–water partition coefficient (Wildman–Crippen LogP) is -1.59. The molecule has 8 heteroatoms. The van der Waals surface area contributed by atoms with Crippen LogP contribution in [0.3, 0.4) is 0 Å². The number of nitrogens with zero attached hydrogens (tertiary/aromatic N) is 1. The van der Waals surface area contributed by atoms with Crippen molar-refractivity contribution in [3.63, 3.8) is 0 Å². The standard InChI is InChI=1S/C10H9NO7/c12-5-17-9(15)7(13)8(14)10(16)18-6-2-1-3-11-4-6/h1-5,7-8,13-14H. The number of aliphatic hydroxyl groups excluding tert-OH is 2. The number of pyridine rings is 1. The summed E-state index contributed by atoms with van der Waals surface area (Å²) in [6, 6.07) is 2.86. The second kappa shape index (κ2) is 6.42. The Balaban J connectivity index is 2.61. The molecule has 1 aromatic rings. The van der Waals surface area contributed by atoms with E-state index >= 15 is 0 Å². The fraction of sp³-hybridized carbons (Fsp3) is 0.200. The number of rotatable bonds is 5. The summed E-state index contributed by atoms with van der Waals surface area (Å²) in [5, 5.41) is 18.4. The zero-order valence-corrected chi connectivity index (χ0v) is 8.92. The van der Waals surface area contributed by atoms with Crippen molar-refractivity contribution in [1.82, 2.24) is 4.98 Å². The van der Waals surface area contributed by atoms with Gasteiger partial charge in [-0.2, -0.15) is 0 Å². The second-order valence-electron chi connectivity index (χ2n) is 3.03. The zero-order valence-electron chi connectivity index (χ0n) is 8.92. The number of carbonyl (C=O) groups is 3. The summed E-state index contributed by atoms with van der Waals surface area (Å²) >= 11 is 0. The molecule has 18 heavy (non-hydrogen) atoms. The third-order valence-electron chi connectivity index (χ3n) is 1.80. The lowest BCUT2D eigenvalue weighted by molar-refractivity contribution is -0.170. The highest BCUT2D eigenvalue weighted by Gasteiger charge is 2.33. The van der Waals surface area contributed by atoms with Crippen molar-refractivity contribution in [2.45, 2.75) is 12.2 Å². The van der Waals surface area contributed by atoms with Crippen LogP contribution in [0.2, 0.25) is 0 Å². The van der Waals surface area contributed by atoms with Gasteiger partial charge in [0, 0.05) is 6.20 Å². The first kappa shape index (κ1) is 13.7. The quantitative estimate of drug-likeness (QED) is 0.366. The molecule has 0 fully saturated rings. The summed E-state index contributed by atoms with van der Waals surface area (Å²) in [4.78, 5) is 35.7. The summed E-state index contributed by atoms with van der Waals surface area (Å²) < 4.78 is 8.39. The van der Waals surface area contributed by atoms with Crippen LogP contribution < -0.4 is 4.74 Å². The van der Waals surface area contributed by atoms with E-state index in [9.17, 15) is 19.5 Å². The van der Waals surface area contributed by atoms with Crippen molar-refractivity contribution in [3.05, 3.63) is 24.5 Å². The van der Waals surface area contributed by atoms with Gasteiger partial charge in [-0.05, 0) is 12.1 Å². The van der Waals surface area contributed by atoms with Crippen LogP contribution in [0.5, 0.6) is 5.75 Å². The number of aromatic nitrogens is 1. The number of aliphatic hydroxyl groups is 2. The Kier molecular flexibility index (Phi) is 4.90. The minimum Gasteiger partial charge on any atom is -0.423 e. The van der Waals surface area contributed by atoms with Gasteiger partial charge in [0.2, 0.25) is 0 Å². The molecule has 0 bridgehead atoms. The van der Waals surface area contributed by atoms with Crippen LogP contribution in [0.1, 0.15) is 0 Å². The van der Waals surface area contributed by atoms with E-state index in [1.54, 1.807) is 0 Å². The molecule has 0 saturated heterocycles. The van der Waals surface area contributed by atoms with Gasteiger partial charge in [0.25, 0.3) is 0 Å². The molecule has 2 N–H and O–H groups in total. The van der Waals surface area contributed by atoms with Gasteiger partial charge in [-0.3, -0.25) is 9.78 Å². The smallest absolute Gasteiger partial charge is 0.345 e. The molecule has 0 radical (unpaired) electrons. The summed E-state index contributed by atoms with van der Waals surface area (Å²) in [6.07, 6.45) is -1.75. The Morgan fingerprint density at radius 3 is 2.50 bits per heavy atom. The topological polar surface area (TPSA) is 123 Å². The molecule has 1 rings (SSSR count). The molecular formula is C10H9NO7. The van der Waals surface area contributed by atoms with Gasteiger partial charge in [0.1, 0.15) is 5.75 Å². The molecule has 2 atom stereocenters. The Labute approximate surface area is 101 Å². The first-order valence-electron chi connectivity index (χ1n) is 4.68. The van der Waals surface area contributed by atoms with Crippen molar-refractivity contribution in [2.75, 3.05) is 0 Å². The lowest BCUT2D eigenvalue weighted by Gasteiger charge is -2.13. The maximum Gasteiger partial charge on any atom is 0.345 e. The van der Waals surface area contributed by atoms with Crippen LogP contribution in [0.25, 0.3) is 0 Å².